The van der Waals surface area contributed by atoms with Gasteiger partial charge in [-0.15, -0.1) is 0 Å². The molecule has 0 bridgehead atoms. The zero-order valence-electron chi connectivity index (χ0n) is 31.7. The highest BCUT2D eigenvalue weighted by Crippen LogP contribution is 2.03. The molecule has 0 amide bonds. The topological polar surface area (TPSA) is 256 Å². The highest BCUT2D eigenvalue weighted by atomic mass is 28.4. The molecule has 0 radical (unpaired) electrons. The van der Waals surface area contributed by atoms with Crippen LogP contribution in [0.2, 0.25) is 12.1 Å². The molecule has 0 aliphatic carbocycles. The molecule has 0 rings (SSSR count). The predicted octanol–water partition coefficient (Wildman–Crippen LogP) is -1.38. The highest BCUT2D eigenvalue weighted by molar-refractivity contribution is 6.56. The van der Waals surface area contributed by atoms with E-state index in [1.807, 2.05) is 0 Å². The molecule has 2 atom stereocenters. The zero-order valence-corrected chi connectivity index (χ0v) is 33.7. The van der Waals surface area contributed by atoms with Crippen molar-refractivity contribution in [3.8, 4) is 0 Å². The van der Waals surface area contributed by atoms with E-state index in [0.717, 1.165) is 130 Å². The molecule has 0 aromatic heterocycles. The van der Waals surface area contributed by atoms with Crippen molar-refractivity contribution in [2.75, 3.05) is 112 Å². The third kappa shape index (κ3) is 45.9. The Labute approximate surface area is 314 Å². The zero-order chi connectivity index (χ0) is 38.4. The Balaban J connectivity index is 3.17. The third-order valence-corrected chi connectivity index (χ3v) is 9.70. The molecular weight excluding hydrogens is 717 g/mol. The fourth-order valence-corrected chi connectivity index (χ4v) is 5.97. The number of nitrogens with one attached hydrogen (secondary N) is 4. The summed E-state index contributed by atoms with van der Waals surface area (Å²) in [6.07, 6.45) is 9.60. The summed E-state index contributed by atoms with van der Waals surface area (Å²) in [6, 6.07) is -0.122. The van der Waals surface area contributed by atoms with E-state index in [1.165, 1.54) is 0 Å². The molecule has 0 saturated heterocycles. The van der Waals surface area contributed by atoms with Crippen molar-refractivity contribution in [1.29, 1.82) is 0 Å². The van der Waals surface area contributed by atoms with Gasteiger partial charge < -0.3 is 78.6 Å². The standard InChI is InChI=1S/C33H76N4O13Si2/c38-32(29-48-23-11-25-51(40,41)42)27-35-15-3-7-19-46-18-6-1-13-34-14-2-10-22-50-31-37-17-5-9-21-47-20-8-4-16-36-28-33(39)30-49-24-12-26-52(43,44)45/h32-45H,1-31H2. The van der Waals surface area contributed by atoms with Gasteiger partial charge in [-0.05, 0) is 110 Å². The van der Waals surface area contributed by atoms with Crippen LogP contribution in [0.3, 0.4) is 0 Å². The van der Waals surface area contributed by atoms with Gasteiger partial charge in [0.15, 0.2) is 0 Å². The molecule has 0 heterocycles. The first kappa shape index (κ1) is 51.8. The lowest BCUT2D eigenvalue weighted by Gasteiger charge is -2.13. The summed E-state index contributed by atoms with van der Waals surface area (Å²) in [7, 11) is -7.98. The van der Waals surface area contributed by atoms with Crippen molar-refractivity contribution in [3.63, 3.8) is 0 Å². The van der Waals surface area contributed by atoms with Crippen molar-refractivity contribution < 1.29 is 62.7 Å². The Hall–Kier alpha value is -0.246. The van der Waals surface area contributed by atoms with E-state index in [9.17, 15) is 10.2 Å². The molecule has 0 spiro atoms. The van der Waals surface area contributed by atoms with Gasteiger partial charge in [-0.3, -0.25) is 5.32 Å². The first-order valence-electron chi connectivity index (χ1n) is 19.4. The number of hydrogen-bond donors (Lipinski definition) is 12. The van der Waals surface area contributed by atoms with E-state index < -0.39 is 29.8 Å². The second kappa shape index (κ2) is 37.7. The monoisotopic (exact) mass is 792 g/mol. The van der Waals surface area contributed by atoms with Crippen molar-refractivity contribution in [1.82, 2.24) is 21.3 Å². The first-order valence-corrected chi connectivity index (χ1v) is 23.5. The van der Waals surface area contributed by atoms with Crippen LogP contribution >= 0.6 is 0 Å². The lowest BCUT2D eigenvalue weighted by Crippen LogP contribution is -2.34. The fraction of sp³-hybridized carbons (Fsp3) is 1.00. The van der Waals surface area contributed by atoms with E-state index in [0.29, 0.717) is 32.7 Å². The quantitative estimate of drug-likeness (QED) is 0.0193. The predicted molar refractivity (Wildman–Crippen MR) is 203 cm³/mol. The summed E-state index contributed by atoms with van der Waals surface area (Å²) in [4.78, 5) is 53.5. The maximum absolute atomic E-state index is 9.86. The van der Waals surface area contributed by atoms with Crippen LogP contribution in [0.1, 0.15) is 77.0 Å². The van der Waals surface area contributed by atoms with Gasteiger partial charge in [0.1, 0.15) is 0 Å². The number of ether oxygens (including phenoxy) is 5. The van der Waals surface area contributed by atoms with Gasteiger partial charge in [0, 0.05) is 71.4 Å². The molecule has 0 fully saturated rings. The van der Waals surface area contributed by atoms with Gasteiger partial charge in [0.2, 0.25) is 0 Å². The number of aliphatic hydroxyl groups excluding tert-OH is 2. The second-order valence-electron chi connectivity index (χ2n) is 13.2. The van der Waals surface area contributed by atoms with Crippen LogP contribution in [0.4, 0.5) is 0 Å². The SMILES string of the molecule is OC(CNCCCCOCCCCNCCCCOCNCCCCOCCCCNCC(O)COCCC[Si](O)(O)O)COCCC[Si](O)(O)O. The lowest BCUT2D eigenvalue weighted by atomic mass is 10.3. The van der Waals surface area contributed by atoms with E-state index in [-0.39, 0.29) is 38.5 Å². The lowest BCUT2D eigenvalue weighted by molar-refractivity contribution is 0.0362. The minimum Gasteiger partial charge on any atom is -0.390 e. The molecule has 0 aromatic rings. The third-order valence-electron chi connectivity index (χ3n) is 7.65. The van der Waals surface area contributed by atoms with Gasteiger partial charge in [-0.1, -0.05) is 0 Å². The molecule has 52 heavy (non-hydrogen) atoms. The Bertz CT molecular complexity index is 674. The first-order chi connectivity index (χ1) is 25.0. The molecule has 314 valence electrons. The fourth-order valence-electron chi connectivity index (χ4n) is 4.73. The van der Waals surface area contributed by atoms with Crippen LogP contribution < -0.4 is 21.3 Å². The van der Waals surface area contributed by atoms with Crippen molar-refractivity contribution in [3.05, 3.63) is 0 Å². The van der Waals surface area contributed by atoms with Crippen LogP contribution in [-0.2, 0) is 23.7 Å². The number of aliphatic hydroxyl groups is 2. The minimum atomic E-state index is -3.99. The van der Waals surface area contributed by atoms with Gasteiger partial charge in [0.25, 0.3) is 0 Å². The summed E-state index contributed by atoms with van der Waals surface area (Å²) in [6.45, 7) is 10.6. The van der Waals surface area contributed by atoms with Gasteiger partial charge in [0.05, 0.1) is 32.2 Å². The maximum Gasteiger partial charge on any atom is 0.492 e. The van der Waals surface area contributed by atoms with Crippen LogP contribution in [0.25, 0.3) is 0 Å². The molecule has 0 aromatic carbocycles. The average molecular weight is 793 g/mol. The molecule has 2 unspecified atom stereocenters. The molecule has 12 N–H and O–H groups in total. The van der Waals surface area contributed by atoms with Crippen molar-refractivity contribution in [2.45, 2.75) is 101 Å². The smallest absolute Gasteiger partial charge is 0.390 e. The van der Waals surface area contributed by atoms with E-state index in [4.69, 9.17) is 52.5 Å². The molecule has 19 heteroatoms. The molecule has 17 nitrogen and oxygen atoms in total. The summed E-state index contributed by atoms with van der Waals surface area (Å²) < 4.78 is 27.6. The minimum absolute atomic E-state index is 0.0606. The number of unbranched alkanes of at least 4 members (excludes halogenated alkanes) is 5. The van der Waals surface area contributed by atoms with E-state index >= 15 is 0 Å². The molecule has 0 aliphatic rings. The molecule has 0 aliphatic heterocycles. The summed E-state index contributed by atoms with van der Waals surface area (Å²) in [5.74, 6) is 0. The molecular formula is C33H76N4O13Si2. The Morgan fingerprint density at radius 1 is 0.365 bits per heavy atom. The largest absolute Gasteiger partial charge is 0.492 e. The average Bonchev–Trinajstić information content (AvgIpc) is 3.07. The van der Waals surface area contributed by atoms with Crippen LogP contribution in [0.5, 0.6) is 0 Å². The summed E-state index contributed by atoms with van der Waals surface area (Å²) in [5, 5.41) is 32.9. The molecule has 0 saturated carbocycles. The second-order valence-corrected chi connectivity index (χ2v) is 17.3. The number of rotatable bonds is 43. The van der Waals surface area contributed by atoms with Crippen LogP contribution in [0, 0.1) is 0 Å². The van der Waals surface area contributed by atoms with Crippen molar-refractivity contribution in [2.24, 2.45) is 0 Å². The van der Waals surface area contributed by atoms with E-state index in [1.54, 1.807) is 0 Å². The van der Waals surface area contributed by atoms with Crippen LogP contribution in [-0.4, -0.2) is 181 Å². The normalized spacial score (nSPS) is 13.6. The van der Waals surface area contributed by atoms with Gasteiger partial charge in [-0.25, -0.2) is 0 Å². The maximum atomic E-state index is 9.86. The summed E-state index contributed by atoms with van der Waals surface area (Å²) in [5.41, 5.74) is 0. The highest BCUT2D eigenvalue weighted by Gasteiger charge is 2.26. The van der Waals surface area contributed by atoms with E-state index in [2.05, 4.69) is 21.3 Å². The summed E-state index contributed by atoms with van der Waals surface area (Å²) >= 11 is 0. The number of hydrogen-bond acceptors (Lipinski definition) is 17. The van der Waals surface area contributed by atoms with Gasteiger partial charge >= 0.3 is 17.6 Å². The van der Waals surface area contributed by atoms with Gasteiger partial charge in [-0.2, -0.15) is 0 Å². The van der Waals surface area contributed by atoms with Crippen molar-refractivity contribution >= 4 is 17.6 Å². The Morgan fingerprint density at radius 3 is 1.08 bits per heavy atom. The Kier molecular flexibility index (Phi) is 37.5. The van der Waals surface area contributed by atoms with Crippen LogP contribution in [0.15, 0.2) is 0 Å². The Morgan fingerprint density at radius 2 is 0.692 bits per heavy atom.